The average molecular weight is 422 g/mol. The number of hydrogen-bond acceptors (Lipinski definition) is 5. The number of hydrogen-bond donors (Lipinski definition) is 0. The third kappa shape index (κ3) is 5.65. The molecule has 0 aliphatic carbocycles. The molecule has 1 saturated heterocycles. The van der Waals surface area contributed by atoms with E-state index in [9.17, 15) is 22.8 Å². The molecular weight excluding hydrogens is 401 g/mol. The molecule has 30 heavy (non-hydrogen) atoms. The van der Waals surface area contributed by atoms with Gasteiger partial charge in [0.05, 0.1) is 5.56 Å². The van der Waals surface area contributed by atoms with Crippen LogP contribution < -0.4 is 9.64 Å². The van der Waals surface area contributed by atoms with Crippen molar-refractivity contribution in [3.63, 3.8) is 0 Å². The summed E-state index contributed by atoms with van der Waals surface area (Å²) in [4.78, 5) is 28.6. The van der Waals surface area contributed by atoms with Gasteiger partial charge >= 0.3 is 12.3 Å². The number of amides is 1. The quantitative estimate of drug-likeness (QED) is 0.691. The summed E-state index contributed by atoms with van der Waals surface area (Å²) in [7, 11) is 0. The van der Waals surface area contributed by atoms with E-state index in [1.54, 1.807) is 4.90 Å². The van der Waals surface area contributed by atoms with Crippen LogP contribution in [0.5, 0.6) is 5.75 Å². The molecule has 160 valence electrons. The van der Waals surface area contributed by atoms with Gasteiger partial charge < -0.3 is 19.3 Å². The Bertz CT molecular complexity index is 864. The first-order valence-electron chi connectivity index (χ1n) is 9.38. The number of alkyl halides is 3. The van der Waals surface area contributed by atoms with Crippen molar-refractivity contribution < 1.29 is 32.2 Å². The van der Waals surface area contributed by atoms with Crippen molar-refractivity contribution in [2.75, 3.05) is 31.1 Å². The summed E-state index contributed by atoms with van der Waals surface area (Å²) in [5, 5.41) is 0. The third-order valence-corrected chi connectivity index (χ3v) is 4.67. The average Bonchev–Trinajstić information content (AvgIpc) is 2.73. The maximum atomic E-state index is 12.6. The van der Waals surface area contributed by atoms with Gasteiger partial charge in [-0.25, -0.2) is 4.79 Å². The summed E-state index contributed by atoms with van der Waals surface area (Å²) < 4.78 is 45.6. The SMILES string of the molecule is CC(OC(=O)c1ccc(OC(F)(F)F)cc1)C(=O)N1CCN(c2ccccc2)CC1. The Morgan fingerprint density at radius 2 is 1.53 bits per heavy atom. The fourth-order valence-electron chi connectivity index (χ4n) is 3.15. The standard InChI is InChI=1S/C21H21F3N2O4/c1-15(29-20(28)16-7-9-18(10-8-16)30-21(22,23)24)19(27)26-13-11-25(12-14-26)17-5-3-2-4-6-17/h2-10,15H,11-14H2,1H3. The molecule has 0 saturated carbocycles. The highest BCUT2D eigenvalue weighted by atomic mass is 19.4. The molecule has 1 unspecified atom stereocenters. The smallest absolute Gasteiger partial charge is 0.449 e. The van der Waals surface area contributed by atoms with E-state index in [4.69, 9.17) is 4.74 Å². The summed E-state index contributed by atoms with van der Waals surface area (Å²) in [5.41, 5.74) is 1.11. The first-order valence-corrected chi connectivity index (χ1v) is 9.38. The van der Waals surface area contributed by atoms with E-state index >= 15 is 0 Å². The van der Waals surface area contributed by atoms with Crippen molar-refractivity contribution >= 4 is 17.6 Å². The van der Waals surface area contributed by atoms with Gasteiger partial charge in [0.1, 0.15) is 5.75 Å². The lowest BCUT2D eigenvalue weighted by atomic mass is 10.2. The van der Waals surface area contributed by atoms with Gasteiger partial charge in [0.15, 0.2) is 6.10 Å². The van der Waals surface area contributed by atoms with E-state index in [0.717, 1.165) is 30.0 Å². The highest BCUT2D eigenvalue weighted by Gasteiger charge is 2.31. The molecule has 0 N–H and O–H groups in total. The van der Waals surface area contributed by atoms with Gasteiger partial charge in [-0.1, -0.05) is 18.2 Å². The lowest BCUT2D eigenvalue weighted by Gasteiger charge is -2.37. The highest BCUT2D eigenvalue weighted by Crippen LogP contribution is 2.23. The molecule has 1 fully saturated rings. The zero-order chi connectivity index (χ0) is 21.7. The molecular formula is C21H21F3N2O4. The summed E-state index contributed by atoms with van der Waals surface area (Å²) in [6, 6.07) is 14.2. The molecule has 1 aliphatic rings. The monoisotopic (exact) mass is 422 g/mol. The number of nitrogens with zero attached hydrogens (tertiary/aromatic N) is 2. The molecule has 1 atom stereocenters. The van der Waals surface area contributed by atoms with Crippen molar-refractivity contribution in [2.45, 2.75) is 19.4 Å². The zero-order valence-corrected chi connectivity index (χ0v) is 16.3. The number of anilines is 1. The molecule has 0 spiro atoms. The van der Waals surface area contributed by atoms with Crippen LogP contribution in [0, 0.1) is 0 Å². The molecule has 0 radical (unpaired) electrons. The Morgan fingerprint density at radius 3 is 2.10 bits per heavy atom. The van der Waals surface area contributed by atoms with Crippen LogP contribution in [-0.2, 0) is 9.53 Å². The number of esters is 1. The first-order chi connectivity index (χ1) is 14.2. The number of rotatable bonds is 5. The maximum absolute atomic E-state index is 12.6. The summed E-state index contributed by atoms with van der Waals surface area (Å²) in [6.07, 6.45) is -5.82. The lowest BCUT2D eigenvalue weighted by molar-refractivity contribution is -0.274. The Morgan fingerprint density at radius 1 is 0.933 bits per heavy atom. The molecule has 1 aliphatic heterocycles. The normalized spacial score (nSPS) is 15.5. The second kappa shape index (κ2) is 9.06. The van der Waals surface area contributed by atoms with E-state index < -0.39 is 24.2 Å². The van der Waals surface area contributed by atoms with Crippen LogP contribution in [0.4, 0.5) is 18.9 Å². The maximum Gasteiger partial charge on any atom is 0.573 e. The number of carbonyl (C=O) groups is 2. The van der Waals surface area contributed by atoms with Gasteiger partial charge in [-0.3, -0.25) is 4.79 Å². The number of ether oxygens (including phenoxy) is 2. The van der Waals surface area contributed by atoms with Crippen molar-refractivity contribution in [2.24, 2.45) is 0 Å². The third-order valence-electron chi connectivity index (χ3n) is 4.67. The highest BCUT2D eigenvalue weighted by molar-refractivity contribution is 5.92. The van der Waals surface area contributed by atoms with Crippen LogP contribution in [0.3, 0.4) is 0 Å². The van der Waals surface area contributed by atoms with E-state index in [1.807, 2.05) is 30.3 Å². The van der Waals surface area contributed by atoms with E-state index in [2.05, 4.69) is 9.64 Å². The Labute approximate surface area is 171 Å². The minimum atomic E-state index is -4.81. The molecule has 9 heteroatoms. The van der Waals surface area contributed by atoms with Crippen LogP contribution in [0.15, 0.2) is 54.6 Å². The van der Waals surface area contributed by atoms with Crippen LogP contribution in [-0.4, -0.2) is 55.4 Å². The fourth-order valence-corrected chi connectivity index (χ4v) is 3.15. The van der Waals surface area contributed by atoms with Crippen LogP contribution in [0.25, 0.3) is 0 Å². The molecule has 2 aromatic carbocycles. The van der Waals surface area contributed by atoms with E-state index in [-0.39, 0.29) is 11.5 Å². The minimum absolute atomic E-state index is 0.0260. The topological polar surface area (TPSA) is 59.1 Å². The first kappa shape index (κ1) is 21.5. The van der Waals surface area contributed by atoms with Crippen molar-refractivity contribution in [1.82, 2.24) is 4.90 Å². The van der Waals surface area contributed by atoms with E-state index in [0.29, 0.717) is 26.2 Å². The molecule has 0 bridgehead atoms. The van der Waals surface area contributed by atoms with Crippen molar-refractivity contribution in [1.29, 1.82) is 0 Å². The molecule has 3 rings (SSSR count). The summed E-state index contributed by atoms with van der Waals surface area (Å²) >= 11 is 0. The Hall–Kier alpha value is -3.23. The van der Waals surface area contributed by atoms with Crippen LogP contribution in [0.1, 0.15) is 17.3 Å². The zero-order valence-electron chi connectivity index (χ0n) is 16.3. The molecule has 6 nitrogen and oxygen atoms in total. The summed E-state index contributed by atoms with van der Waals surface area (Å²) in [6.45, 7) is 3.80. The largest absolute Gasteiger partial charge is 0.573 e. The van der Waals surface area contributed by atoms with Crippen LogP contribution in [0.2, 0.25) is 0 Å². The molecule has 1 heterocycles. The summed E-state index contributed by atoms with van der Waals surface area (Å²) in [5.74, 6) is -1.55. The van der Waals surface area contributed by atoms with Gasteiger partial charge in [-0.05, 0) is 43.3 Å². The van der Waals surface area contributed by atoms with E-state index in [1.165, 1.54) is 6.92 Å². The van der Waals surface area contributed by atoms with Gasteiger partial charge in [0.25, 0.3) is 5.91 Å². The number of para-hydroxylation sites is 1. The number of carbonyl (C=O) groups excluding carboxylic acids is 2. The van der Waals surface area contributed by atoms with Gasteiger partial charge in [-0.2, -0.15) is 0 Å². The van der Waals surface area contributed by atoms with Gasteiger partial charge in [0.2, 0.25) is 0 Å². The predicted molar refractivity (Wildman–Crippen MR) is 103 cm³/mol. The Balaban J connectivity index is 1.51. The number of piperazine rings is 1. The van der Waals surface area contributed by atoms with Crippen molar-refractivity contribution in [3.05, 3.63) is 60.2 Å². The second-order valence-corrected chi connectivity index (χ2v) is 6.77. The second-order valence-electron chi connectivity index (χ2n) is 6.77. The lowest BCUT2D eigenvalue weighted by Crippen LogP contribution is -2.51. The number of benzene rings is 2. The Kier molecular flexibility index (Phi) is 6.49. The molecule has 0 aromatic heterocycles. The molecule has 1 amide bonds. The van der Waals surface area contributed by atoms with Crippen molar-refractivity contribution in [3.8, 4) is 5.75 Å². The fraction of sp³-hybridized carbons (Fsp3) is 0.333. The minimum Gasteiger partial charge on any atom is -0.449 e. The van der Waals surface area contributed by atoms with Gasteiger partial charge in [0, 0.05) is 31.9 Å². The van der Waals surface area contributed by atoms with Crippen LogP contribution >= 0.6 is 0 Å². The predicted octanol–water partition coefficient (Wildman–Crippen LogP) is 3.48. The van der Waals surface area contributed by atoms with Gasteiger partial charge in [-0.15, -0.1) is 13.2 Å². The molecule has 2 aromatic rings. The number of halogens is 3.